The van der Waals surface area contributed by atoms with E-state index in [4.69, 9.17) is 0 Å². The highest BCUT2D eigenvalue weighted by Gasteiger charge is 2.19. The zero-order valence-corrected chi connectivity index (χ0v) is 13.0. The molecule has 0 saturated heterocycles. The van der Waals surface area contributed by atoms with Gasteiger partial charge in [-0.25, -0.2) is 21.9 Å². The van der Waals surface area contributed by atoms with Gasteiger partial charge in [0.15, 0.2) is 0 Å². The largest absolute Gasteiger partial charge is 0.378 e. The van der Waals surface area contributed by atoms with Crippen LogP contribution in [0.2, 0.25) is 0 Å². The van der Waals surface area contributed by atoms with Crippen LogP contribution in [0.25, 0.3) is 0 Å². The molecule has 0 atom stereocenters. The number of halogens is 2. The average molecular weight is 357 g/mol. The summed E-state index contributed by atoms with van der Waals surface area (Å²) in [6, 6.07) is 7.96. The summed E-state index contributed by atoms with van der Waals surface area (Å²) in [6.45, 7) is -0.161. The Kier molecular flexibility index (Phi) is 5.42. The minimum absolute atomic E-state index is 0.0149. The van der Waals surface area contributed by atoms with E-state index < -0.39 is 31.5 Å². The van der Waals surface area contributed by atoms with Crippen LogP contribution in [0.5, 0.6) is 0 Å². The summed E-state index contributed by atoms with van der Waals surface area (Å²) < 4.78 is 52.5. The van der Waals surface area contributed by atoms with Gasteiger partial charge in [-0.15, -0.1) is 0 Å². The first-order valence-electron chi connectivity index (χ1n) is 6.73. The van der Waals surface area contributed by atoms with Crippen molar-refractivity contribution in [3.05, 3.63) is 64.2 Å². The number of nitro benzene ring substituents is 1. The van der Waals surface area contributed by atoms with Gasteiger partial charge in [0, 0.05) is 19.2 Å². The number of hydrogen-bond acceptors (Lipinski definition) is 5. The van der Waals surface area contributed by atoms with E-state index in [0.717, 1.165) is 12.1 Å². The molecule has 0 aliphatic heterocycles. The van der Waals surface area contributed by atoms with Crippen molar-refractivity contribution < 1.29 is 22.1 Å². The summed E-state index contributed by atoms with van der Waals surface area (Å²) in [5, 5.41) is 13.6. The van der Waals surface area contributed by atoms with Gasteiger partial charge in [-0.2, -0.15) is 0 Å². The number of nitrogens with one attached hydrogen (secondary N) is 2. The number of hydrogen-bond donors (Lipinski definition) is 2. The lowest BCUT2D eigenvalue weighted by Crippen LogP contribution is -2.29. The van der Waals surface area contributed by atoms with Crippen LogP contribution < -0.4 is 10.0 Å². The molecule has 0 amide bonds. The van der Waals surface area contributed by atoms with Gasteiger partial charge in [0.2, 0.25) is 10.0 Å². The number of nitrogens with zero attached hydrogens (tertiary/aromatic N) is 1. The average Bonchev–Trinajstić information content (AvgIpc) is 2.54. The van der Waals surface area contributed by atoms with E-state index in [1.807, 2.05) is 0 Å². The number of rotatable bonds is 7. The van der Waals surface area contributed by atoms with Crippen molar-refractivity contribution in [1.29, 1.82) is 0 Å². The molecule has 2 N–H and O–H groups in total. The molecule has 0 aromatic heterocycles. The maximum absolute atomic E-state index is 13.5. The highest BCUT2D eigenvalue weighted by molar-refractivity contribution is 7.89. The summed E-state index contributed by atoms with van der Waals surface area (Å²) in [5.41, 5.74) is 0.0650. The van der Waals surface area contributed by atoms with Gasteiger partial charge in [0.1, 0.15) is 22.2 Å². The Morgan fingerprint density at radius 2 is 1.79 bits per heavy atom. The smallest absolute Gasteiger partial charge is 0.292 e. The Labute approximate surface area is 136 Å². The van der Waals surface area contributed by atoms with Gasteiger partial charge in [-0.3, -0.25) is 10.1 Å². The minimum Gasteiger partial charge on any atom is -0.378 e. The zero-order valence-electron chi connectivity index (χ0n) is 12.2. The fourth-order valence-electron chi connectivity index (χ4n) is 1.93. The van der Waals surface area contributed by atoms with E-state index in [-0.39, 0.29) is 24.5 Å². The molecule has 0 unspecified atom stereocenters. The van der Waals surface area contributed by atoms with Crippen molar-refractivity contribution in [2.24, 2.45) is 0 Å². The molecule has 0 saturated carbocycles. The predicted molar refractivity (Wildman–Crippen MR) is 83.1 cm³/mol. The van der Waals surface area contributed by atoms with Gasteiger partial charge in [-0.1, -0.05) is 12.1 Å². The number of benzene rings is 2. The molecule has 0 aliphatic rings. The van der Waals surface area contributed by atoms with Crippen molar-refractivity contribution >= 4 is 21.4 Å². The third kappa shape index (κ3) is 4.24. The SMILES string of the molecule is O=[N+]([O-])c1ccccc1NCCNS(=O)(=O)c1cc(F)ccc1F. The summed E-state index contributed by atoms with van der Waals surface area (Å²) >= 11 is 0. The summed E-state index contributed by atoms with van der Waals surface area (Å²) in [4.78, 5) is 9.47. The Morgan fingerprint density at radius 3 is 2.50 bits per heavy atom. The Bertz CT molecular complexity index is 859. The molecule has 2 rings (SSSR count). The van der Waals surface area contributed by atoms with Crippen LogP contribution >= 0.6 is 0 Å². The second kappa shape index (κ2) is 7.32. The van der Waals surface area contributed by atoms with Crippen LogP contribution in [0.3, 0.4) is 0 Å². The topological polar surface area (TPSA) is 101 Å². The van der Waals surface area contributed by atoms with Gasteiger partial charge in [0.05, 0.1) is 4.92 Å². The molecular weight excluding hydrogens is 344 g/mol. The second-order valence-corrected chi connectivity index (χ2v) is 6.41. The maximum atomic E-state index is 13.5. The highest BCUT2D eigenvalue weighted by atomic mass is 32.2. The van der Waals surface area contributed by atoms with Crippen LogP contribution in [0, 0.1) is 21.7 Å². The molecule has 0 bridgehead atoms. The molecule has 10 heteroatoms. The molecule has 2 aromatic carbocycles. The monoisotopic (exact) mass is 357 g/mol. The first-order chi connectivity index (χ1) is 11.3. The first-order valence-corrected chi connectivity index (χ1v) is 8.21. The quantitative estimate of drug-likeness (QED) is 0.450. The molecule has 128 valence electrons. The van der Waals surface area contributed by atoms with E-state index in [1.165, 1.54) is 18.2 Å². The Balaban J connectivity index is 1.99. The standard InChI is InChI=1S/C14H13F2N3O4S/c15-10-5-6-11(16)14(9-10)24(22,23)18-8-7-17-12-3-1-2-4-13(12)19(20)21/h1-6,9,17-18H,7-8H2. The van der Waals surface area contributed by atoms with E-state index in [2.05, 4.69) is 10.0 Å². The van der Waals surface area contributed by atoms with Gasteiger partial charge in [0.25, 0.3) is 5.69 Å². The summed E-state index contributed by atoms with van der Waals surface area (Å²) in [5.74, 6) is -1.95. The maximum Gasteiger partial charge on any atom is 0.292 e. The third-order valence-electron chi connectivity index (χ3n) is 3.02. The predicted octanol–water partition coefficient (Wildman–Crippen LogP) is 2.26. The van der Waals surface area contributed by atoms with E-state index in [0.29, 0.717) is 6.07 Å². The molecule has 0 heterocycles. The zero-order chi connectivity index (χ0) is 17.7. The van der Waals surface area contributed by atoms with Crippen LogP contribution in [-0.2, 0) is 10.0 Å². The molecule has 7 nitrogen and oxygen atoms in total. The Morgan fingerprint density at radius 1 is 1.08 bits per heavy atom. The number of para-hydroxylation sites is 2. The highest BCUT2D eigenvalue weighted by Crippen LogP contribution is 2.22. The van der Waals surface area contributed by atoms with Crippen LogP contribution in [0.4, 0.5) is 20.2 Å². The lowest BCUT2D eigenvalue weighted by molar-refractivity contribution is -0.384. The molecule has 0 radical (unpaired) electrons. The second-order valence-electron chi connectivity index (χ2n) is 4.67. The fourth-order valence-corrected chi connectivity index (χ4v) is 3.04. The van der Waals surface area contributed by atoms with Gasteiger partial charge in [-0.05, 0) is 24.3 Å². The first kappa shape index (κ1) is 17.8. The van der Waals surface area contributed by atoms with Crippen molar-refractivity contribution in [3.63, 3.8) is 0 Å². The molecule has 0 spiro atoms. The molecular formula is C14H13F2N3O4S. The van der Waals surface area contributed by atoms with Crippen LogP contribution in [-0.4, -0.2) is 26.4 Å². The van der Waals surface area contributed by atoms with Crippen molar-refractivity contribution in [2.45, 2.75) is 4.90 Å². The molecule has 0 aliphatic carbocycles. The van der Waals surface area contributed by atoms with Crippen molar-refractivity contribution in [3.8, 4) is 0 Å². The molecule has 0 fully saturated rings. The number of anilines is 1. The minimum atomic E-state index is -4.23. The van der Waals surface area contributed by atoms with E-state index in [9.17, 15) is 27.3 Å². The van der Waals surface area contributed by atoms with Gasteiger partial charge < -0.3 is 5.32 Å². The normalized spacial score (nSPS) is 11.2. The third-order valence-corrected chi connectivity index (χ3v) is 4.49. The number of sulfonamides is 1. The van der Waals surface area contributed by atoms with Gasteiger partial charge >= 0.3 is 0 Å². The summed E-state index contributed by atoms with van der Waals surface area (Å²) in [6.07, 6.45) is 0. The Hall–Kier alpha value is -2.59. The van der Waals surface area contributed by atoms with Crippen LogP contribution in [0.15, 0.2) is 47.4 Å². The van der Waals surface area contributed by atoms with E-state index in [1.54, 1.807) is 6.07 Å². The summed E-state index contributed by atoms with van der Waals surface area (Å²) in [7, 11) is -4.23. The van der Waals surface area contributed by atoms with E-state index >= 15 is 0 Å². The van der Waals surface area contributed by atoms with Crippen molar-refractivity contribution in [2.75, 3.05) is 18.4 Å². The van der Waals surface area contributed by atoms with Crippen molar-refractivity contribution in [1.82, 2.24) is 4.72 Å². The lowest BCUT2D eigenvalue weighted by atomic mass is 10.2. The fraction of sp³-hybridized carbons (Fsp3) is 0.143. The molecule has 24 heavy (non-hydrogen) atoms. The van der Waals surface area contributed by atoms with Crippen LogP contribution in [0.1, 0.15) is 0 Å². The molecule has 2 aromatic rings. The lowest BCUT2D eigenvalue weighted by Gasteiger charge is -2.09. The number of nitro groups is 1.